The predicted octanol–water partition coefficient (Wildman–Crippen LogP) is 6.44. The van der Waals surface area contributed by atoms with Gasteiger partial charge in [-0.25, -0.2) is 0 Å². The van der Waals surface area contributed by atoms with Crippen LogP contribution in [0.2, 0.25) is 10.0 Å². The number of carbonyl (C=O) groups excluding carboxylic acids is 1. The summed E-state index contributed by atoms with van der Waals surface area (Å²) in [5.74, 6) is -0.135. The third-order valence-electron chi connectivity index (χ3n) is 5.64. The normalized spacial score (nSPS) is 13.7. The van der Waals surface area contributed by atoms with E-state index in [0.717, 1.165) is 21.8 Å². The van der Waals surface area contributed by atoms with Gasteiger partial charge in [0.2, 0.25) is 0 Å². The number of nitrogens with zero attached hydrogens (tertiary/aromatic N) is 5. The maximum absolute atomic E-state index is 13.3. The Kier molecular flexibility index (Phi) is 5.21. The lowest BCUT2D eigenvalue weighted by Gasteiger charge is -2.16. The van der Waals surface area contributed by atoms with Crippen LogP contribution in [0, 0.1) is 0 Å². The smallest absolute Gasteiger partial charge is 0.275 e. The molecule has 0 saturated carbocycles. The number of hydrazone groups is 1. The number of azo groups is 1. The van der Waals surface area contributed by atoms with Gasteiger partial charge in [0, 0.05) is 27.0 Å². The number of benzene rings is 4. The van der Waals surface area contributed by atoms with Gasteiger partial charge in [0.05, 0.1) is 16.9 Å². The van der Waals surface area contributed by atoms with Gasteiger partial charge >= 0.3 is 0 Å². The minimum Gasteiger partial charge on any atom is -0.341 e. The quantitative estimate of drug-likeness (QED) is 0.279. The number of carbonyl (C=O) groups is 1. The summed E-state index contributed by atoms with van der Waals surface area (Å²) in [4.78, 5) is 16.7. The SMILES string of the molecule is O=C1C=c2[nH]c3cccc4cccc(c43)n2C(N=Nc2ccc(Cl)cc2)=NN1c1ccc(Cl)cc1. The fourth-order valence-corrected chi connectivity index (χ4v) is 4.31. The summed E-state index contributed by atoms with van der Waals surface area (Å²) < 4.78 is 1.79. The monoisotopic (exact) mass is 498 g/mol. The Hall–Kier alpha value is -4.20. The third kappa shape index (κ3) is 3.90. The number of halogens is 2. The van der Waals surface area contributed by atoms with E-state index >= 15 is 0 Å². The number of fused-ring (bicyclic) bond motifs is 2. The van der Waals surface area contributed by atoms with Gasteiger partial charge in [-0.2, -0.15) is 5.01 Å². The molecule has 1 aliphatic rings. The topological polar surface area (TPSA) is 78.1 Å². The Labute approximate surface area is 209 Å². The Morgan fingerprint density at radius 3 is 2.23 bits per heavy atom. The van der Waals surface area contributed by atoms with Crippen molar-refractivity contribution in [2.45, 2.75) is 0 Å². The minimum absolute atomic E-state index is 0.210. The Morgan fingerprint density at radius 2 is 1.49 bits per heavy atom. The first kappa shape index (κ1) is 21.3. The van der Waals surface area contributed by atoms with Crippen molar-refractivity contribution in [2.75, 3.05) is 5.01 Å². The van der Waals surface area contributed by atoms with Crippen LogP contribution in [-0.2, 0) is 4.79 Å². The predicted molar refractivity (Wildman–Crippen MR) is 140 cm³/mol. The van der Waals surface area contributed by atoms with E-state index in [2.05, 4.69) is 20.3 Å². The molecule has 0 radical (unpaired) electrons. The molecule has 5 aromatic rings. The fraction of sp³-hybridized carbons (Fsp3) is 0. The highest BCUT2D eigenvalue weighted by molar-refractivity contribution is 6.31. The molecule has 0 saturated heterocycles. The number of H-pyrrole nitrogens is 1. The standard InChI is InChI=1S/C26H16Cl2N6O/c27-17-7-11-19(12-8-17)30-31-26-32-34(20-13-9-18(28)10-14-20)24(35)15-23-29-21-5-1-3-16-4-2-6-22(25(16)21)33(23)26/h1-15,29H. The summed E-state index contributed by atoms with van der Waals surface area (Å²) in [5.41, 5.74) is 3.39. The van der Waals surface area contributed by atoms with Gasteiger partial charge in [-0.1, -0.05) is 47.5 Å². The van der Waals surface area contributed by atoms with Crippen LogP contribution < -0.4 is 10.5 Å². The lowest BCUT2D eigenvalue weighted by atomic mass is 10.1. The van der Waals surface area contributed by atoms with E-state index in [4.69, 9.17) is 23.2 Å². The zero-order chi connectivity index (χ0) is 23.9. The molecule has 0 fully saturated rings. The molecular weight excluding hydrogens is 483 g/mol. The highest BCUT2D eigenvalue weighted by Crippen LogP contribution is 2.26. The van der Waals surface area contributed by atoms with E-state index in [1.807, 2.05) is 36.4 Å². The van der Waals surface area contributed by atoms with Crippen LogP contribution in [0.3, 0.4) is 0 Å². The van der Waals surface area contributed by atoms with Crippen LogP contribution in [0.5, 0.6) is 0 Å². The third-order valence-corrected chi connectivity index (χ3v) is 6.14. The Bertz CT molecular complexity index is 1730. The number of anilines is 1. The molecule has 35 heavy (non-hydrogen) atoms. The van der Waals surface area contributed by atoms with Crippen molar-refractivity contribution in [3.63, 3.8) is 0 Å². The van der Waals surface area contributed by atoms with E-state index in [1.54, 1.807) is 53.1 Å². The van der Waals surface area contributed by atoms with Gasteiger partial charge in [-0.05, 0) is 66.0 Å². The van der Waals surface area contributed by atoms with Crippen LogP contribution in [0.1, 0.15) is 0 Å². The van der Waals surface area contributed by atoms with Gasteiger partial charge in [0.25, 0.3) is 11.9 Å². The second-order valence-corrected chi connectivity index (χ2v) is 8.75. The van der Waals surface area contributed by atoms with E-state index in [-0.39, 0.29) is 11.9 Å². The summed E-state index contributed by atoms with van der Waals surface area (Å²) in [6.07, 6.45) is 1.50. The van der Waals surface area contributed by atoms with Gasteiger partial charge in [0.15, 0.2) is 0 Å². The van der Waals surface area contributed by atoms with E-state index in [9.17, 15) is 4.79 Å². The maximum Gasteiger partial charge on any atom is 0.275 e. The van der Waals surface area contributed by atoms with Crippen LogP contribution >= 0.6 is 23.2 Å². The summed E-state index contributed by atoms with van der Waals surface area (Å²) in [6.45, 7) is 0. The average Bonchev–Trinajstić information content (AvgIpc) is 3.00. The molecule has 1 N–H and O–H groups in total. The molecule has 1 amide bonds. The molecule has 0 atom stereocenters. The fourth-order valence-electron chi connectivity index (χ4n) is 4.06. The van der Waals surface area contributed by atoms with Crippen LogP contribution in [0.4, 0.5) is 11.4 Å². The largest absolute Gasteiger partial charge is 0.341 e. The first-order valence-electron chi connectivity index (χ1n) is 10.7. The van der Waals surface area contributed by atoms with Crippen molar-refractivity contribution in [2.24, 2.45) is 15.3 Å². The van der Waals surface area contributed by atoms with Gasteiger partial charge in [0.1, 0.15) is 5.48 Å². The van der Waals surface area contributed by atoms with E-state index in [0.29, 0.717) is 26.9 Å². The van der Waals surface area contributed by atoms with Crippen molar-refractivity contribution in [1.82, 2.24) is 9.55 Å². The van der Waals surface area contributed by atoms with Crippen LogP contribution in [-0.4, -0.2) is 21.4 Å². The Morgan fingerprint density at radius 1 is 0.800 bits per heavy atom. The molecule has 0 spiro atoms. The van der Waals surface area contributed by atoms with Crippen molar-refractivity contribution >= 4 is 74.3 Å². The van der Waals surface area contributed by atoms with Crippen LogP contribution in [0.15, 0.2) is 100 Å². The zero-order valence-electron chi connectivity index (χ0n) is 18.1. The van der Waals surface area contributed by atoms with Crippen molar-refractivity contribution in [3.8, 4) is 0 Å². The van der Waals surface area contributed by atoms with Crippen molar-refractivity contribution < 1.29 is 4.79 Å². The average molecular weight is 499 g/mol. The van der Waals surface area contributed by atoms with Gasteiger partial charge < -0.3 is 4.98 Å². The summed E-state index contributed by atoms with van der Waals surface area (Å²) >= 11 is 12.1. The first-order chi connectivity index (χ1) is 17.1. The Balaban J connectivity index is 1.63. The molecule has 0 aliphatic carbocycles. The minimum atomic E-state index is -0.344. The van der Waals surface area contributed by atoms with Crippen molar-refractivity contribution in [1.29, 1.82) is 0 Å². The lowest BCUT2D eigenvalue weighted by Crippen LogP contribution is -2.29. The molecular formula is C26H16Cl2N6O. The first-order valence-corrected chi connectivity index (χ1v) is 11.5. The molecule has 2 heterocycles. The number of rotatable bonds is 2. The van der Waals surface area contributed by atoms with E-state index < -0.39 is 0 Å². The highest BCUT2D eigenvalue weighted by Gasteiger charge is 2.22. The molecule has 9 heteroatoms. The number of nitrogens with one attached hydrogen (secondary N) is 1. The number of amides is 1. The molecule has 1 aromatic heterocycles. The molecule has 0 bridgehead atoms. The molecule has 4 aromatic carbocycles. The highest BCUT2D eigenvalue weighted by atomic mass is 35.5. The molecule has 7 nitrogen and oxygen atoms in total. The second kappa shape index (κ2) is 8.54. The van der Waals surface area contributed by atoms with Gasteiger partial charge in [-0.15, -0.1) is 15.3 Å². The number of aromatic nitrogens is 2. The number of aromatic amines is 1. The van der Waals surface area contributed by atoms with Crippen LogP contribution in [0.25, 0.3) is 27.9 Å². The molecule has 6 rings (SSSR count). The lowest BCUT2D eigenvalue weighted by molar-refractivity contribution is -0.112. The number of hydrogen-bond acceptors (Lipinski definition) is 4. The second-order valence-electron chi connectivity index (χ2n) is 7.87. The number of hydrogen-bond donors (Lipinski definition) is 1. The maximum atomic E-state index is 13.3. The van der Waals surface area contributed by atoms with Gasteiger partial charge in [-0.3, -0.25) is 9.36 Å². The summed E-state index contributed by atoms with van der Waals surface area (Å²) in [6, 6.07) is 25.8. The van der Waals surface area contributed by atoms with E-state index in [1.165, 1.54) is 11.1 Å². The zero-order valence-corrected chi connectivity index (χ0v) is 19.6. The van der Waals surface area contributed by atoms with Crippen molar-refractivity contribution in [3.05, 3.63) is 100 Å². The molecule has 0 unspecified atom stereocenters. The summed E-state index contributed by atoms with van der Waals surface area (Å²) in [5, 5.41) is 18.0. The summed E-state index contributed by atoms with van der Waals surface area (Å²) in [7, 11) is 0. The molecule has 170 valence electrons. The molecule has 1 aliphatic heterocycles.